The number of hydrogen-bond donors (Lipinski definition) is 2. The molecule has 0 aliphatic rings. The Kier molecular flexibility index (Phi) is 5.68. The Morgan fingerprint density at radius 3 is 1.79 bits per heavy atom. The predicted octanol–water partition coefficient (Wildman–Crippen LogP) is 4.64. The van der Waals surface area contributed by atoms with Gasteiger partial charge in [0.05, 0.1) is 18.8 Å². The summed E-state index contributed by atoms with van der Waals surface area (Å²) in [5.74, 6) is -1.00. The molecule has 2 aromatic rings. The van der Waals surface area contributed by atoms with E-state index in [1.165, 1.54) is 0 Å². The average Bonchev–Trinajstić information content (AvgIpc) is 2.56. The Hall–Kier alpha value is -2.69. The molecule has 0 radical (unpaired) electrons. The van der Waals surface area contributed by atoms with E-state index < -0.39 is 5.97 Å². The quantitative estimate of drug-likeness (QED) is 0.689. The molecule has 0 atom stereocenters. The molecule has 0 aliphatic carbocycles. The highest BCUT2D eigenvalue weighted by Crippen LogP contribution is 2.43. The molecule has 24 heavy (non-hydrogen) atoms. The second kappa shape index (κ2) is 7.73. The Morgan fingerprint density at radius 2 is 1.42 bits per heavy atom. The van der Waals surface area contributed by atoms with E-state index in [1.54, 1.807) is 6.07 Å². The molecule has 0 unspecified atom stereocenters. The van der Waals surface area contributed by atoms with Crippen molar-refractivity contribution in [2.45, 2.75) is 26.7 Å². The number of carboxylic acid groups (broad SMARTS) is 1. The van der Waals surface area contributed by atoms with Gasteiger partial charge in [-0.2, -0.15) is 0 Å². The van der Waals surface area contributed by atoms with Gasteiger partial charge in [-0.3, -0.25) is 0 Å². The van der Waals surface area contributed by atoms with E-state index in [-0.39, 0.29) is 22.6 Å². The van der Waals surface area contributed by atoms with Crippen LogP contribution in [0.3, 0.4) is 0 Å². The van der Waals surface area contributed by atoms with E-state index in [0.29, 0.717) is 29.7 Å². The normalized spacial score (nSPS) is 10.6. The van der Waals surface area contributed by atoms with Crippen LogP contribution in [0.15, 0.2) is 30.8 Å². The first-order valence-corrected chi connectivity index (χ1v) is 7.98. The fourth-order valence-electron chi connectivity index (χ4n) is 2.56. The lowest BCUT2D eigenvalue weighted by Gasteiger charge is -2.20. The third kappa shape index (κ3) is 3.30. The van der Waals surface area contributed by atoms with Gasteiger partial charge in [0.1, 0.15) is 22.8 Å². The van der Waals surface area contributed by atoms with E-state index in [2.05, 4.69) is 6.58 Å². The minimum Gasteiger partial charge on any atom is -0.508 e. The Bertz CT molecular complexity index is 699. The molecule has 5 heteroatoms. The summed E-state index contributed by atoms with van der Waals surface area (Å²) in [7, 11) is 0. The lowest BCUT2D eigenvalue weighted by Crippen LogP contribution is -2.11. The van der Waals surface area contributed by atoms with E-state index in [0.717, 1.165) is 12.8 Å². The van der Waals surface area contributed by atoms with Gasteiger partial charge in [0.25, 0.3) is 0 Å². The minimum atomic E-state index is -1.20. The van der Waals surface area contributed by atoms with Gasteiger partial charge >= 0.3 is 5.97 Å². The molecule has 0 bridgehead atoms. The van der Waals surface area contributed by atoms with Crippen LogP contribution in [0.5, 0.6) is 11.5 Å². The van der Waals surface area contributed by atoms with E-state index in [1.807, 2.05) is 32.0 Å². The zero-order valence-electron chi connectivity index (χ0n) is 14.0. The molecule has 0 spiro atoms. The number of aliphatic hydroxyl groups excluding tert-OH is 1. The summed E-state index contributed by atoms with van der Waals surface area (Å²) in [6.45, 7) is 8.18. The number of aromatic carboxylic acids is 1. The molecule has 128 valence electrons. The first-order valence-electron chi connectivity index (χ1n) is 7.98. The van der Waals surface area contributed by atoms with Crippen molar-refractivity contribution < 1.29 is 24.5 Å². The maximum Gasteiger partial charge on any atom is 0.340 e. The average molecular weight is 330 g/mol. The van der Waals surface area contributed by atoms with Gasteiger partial charge in [0.15, 0.2) is 0 Å². The minimum absolute atomic E-state index is 0.0701. The maximum absolute atomic E-state index is 11.9. The van der Waals surface area contributed by atoms with Crippen molar-refractivity contribution in [1.29, 1.82) is 0 Å². The third-order valence-corrected chi connectivity index (χ3v) is 3.52. The Labute approximate surface area is 141 Å². The molecule has 2 N–H and O–H groups in total. The van der Waals surface area contributed by atoms with Crippen LogP contribution in [0, 0.1) is 0 Å². The predicted molar refractivity (Wildman–Crippen MR) is 94.1 cm³/mol. The summed E-state index contributed by atoms with van der Waals surface area (Å²) >= 11 is 0. The molecular weight excluding hydrogens is 308 g/mol. The summed E-state index contributed by atoms with van der Waals surface area (Å²) < 4.78 is 11.5. The van der Waals surface area contributed by atoms with E-state index >= 15 is 0 Å². The Morgan fingerprint density at radius 1 is 0.958 bits per heavy atom. The molecule has 0 saturated carbocycles. The zero-order chi connectivity index (χ0) is 17.7. The van der Waals surface area contributed by atoms with Gasteiger partial charge in [0, 0.05) is 10.8 Å². The largest absolute Gasteiger partial charge is 0.508 e. The second-order valence-corrected chi connectivity index (χ2v) is 5.40. The number of hydrogen-bond acceptors (Lipinski definition) is 4. The standard InChI is InChI=1S/C19H22O5/c1-4-10-23-17-13-8-6-7-9-14(13)18(24-11-5-2)16(19(21)22)15(17)12(3)20/h6-9,20H,3-5,10-11H2,1-2H3,(H,21,22). The highest BCUT2D eigenvalue weighted by molar-refractivity contribution is 6.08. The van der Waals surface area contributed by atoms with Crippen LogP contribution < -0.4 is 9.47 Å². The number of carbonyl (C=O) groups is 1. The number of fused-ring (bicyclic) bond motifs is 1. The molecule has 0 fully saturated rings. The van der Waals surface area contributed by atoms with Crippen LogP contribution in [0.1, 0.15) is 42.6 Å². The molecule has 0 saturated heterocycles. The smallest absolute Gasteiger partial charge is 0.340 e. The Balaban J connectivity index is 2.89. The number of aliphatic hydroxyl groups is 1. The van der Waals surface area contributed by atoms with Crippen LogP contribution in [0.25, 0.3) is 16.5 Å². The fourth-order valence-corrected chi connectivity index (χ4v) is 2.56. The van der Waals surface area contributed by atoms with Gasteiger partial charge in [0.2, 0.25) is 0 Å². The number of carboxylic acids is 1. The molecular formula is C19H22O5. The van der Waals surface area contributed by atoms with E-state index in [9.17, 15) is 15.0 Å². The van der Waals surface area contributed by atoms with Crippen molar-refractivity contribution in [2.75, 3.05) is 13.2 Å². The van der Waals surface area contributed by atoms with Gasteiger partial charge in [-0.1, -0.05) is 44.7 Å². The summed E-state index contributed by atoms with van der Waals surface area (Å²) in [6, 6.07) is 7.24. The molecule has 0 aliphatic heterocycles. The number of ether oxygens (including phenoxy) is 2. The van der Waals surface area contributed by atoms with Crippen molar-refractivity contribution in [1.82, 2.24) is 0 Å². The van der Waals surface area contributed by atoms with Crippen molar-refractivity contribution in [3.05, 3.63) is 42.0 Å². The van der Waals surface area contributed by atoms with E-state index in [4.69, 9.17) is 9.47 Å². The summed E-state index contributed by atoms with van der Waals surface area (Å²) in [4.78, 5) is 11.9. The maximum atomic E-state index is 11.9. The SMILES string of the molecule is C=C(O)c1c(C(=O)O)c(OCCC)c2ccccc2c1OCCC. The monoisotopic (exact) mass is 330 g/mol. The third-order valence-electron chi connectivity index (χ3n) is 3.52. The highest BCUT2D eigenvalue weighted by Gasteiger charge is 2.27. The molecule has 0 aromatic heterocycles. The van der Waals surface area contributed by atoms with Crippen molar-refractivity contribution in [3.8, 4) is 11.5 Å². The summed E-state index contributed by atoms with van der Waals surface area (Å²) in [6.07, 6.45) is 1.49. The second-order valence-electron chi connectivity index (χ2n) is 5.40. The van der Waals surface area contributed by atoms with Crippen molar-refractivity contribution >= 4 is 22.5 Å². The van der Waals surface area contributed by atoms with Crippen LogP contribution in [0.4, 0.5) is 0 Å². The van der Waals surface area contributed by atoms with Crippen LogP contribution in [-0.4, -0.2) is 29.4 Å². The summed E-state index contributed by atoms with van der Waals surface area (Å²) in [5.41, 5.74) is -0.0542. The molecule has 0 heterocycles. The number of rotatable bonds is 8. The van der Waals surface area contributed by atoms with Gasteiger partial charge < -0.3 is 19.7 Å². The van der Waals surface area contributed by atoms with Crippen LogP contribution >= 0.6 is 0 Å². The van der Waals surface area contributed by atoms with Crippen LogP contribution in [-0.2, 0) is 0 Å². The molecule has 5 nitrogen and oxygen atoms in total. The first-order chi connectivity index (χ1) is 11.5. The van der Waals surface area contributed by atoms with Gasteiger partial charge in [-0.05, 0) is 12.8 Å². The highest BCUT2D eigenvalue weighted by atomic mass is 16.5. The first kappa shape index (κ1) is 17.7. The fraction of sp³-hybridized carbons (Fsp3) is 0.316. The lowest BCUT2D eigenvalue weighted by molar-refractivity contribution is 0.0691. The molecule has 2 aromatic carbocycles. The summed E-state index contributed by atoms with van der Waals surface area (Å²) in [5, 5.41) is 21.1. The molecule has 0 amide bonds. The zero-order valence-corrected chi connectivity index (χ0v) is 14.0. The number of benzene rings is 2. The lowest BCUT2D eigenvalue weighted by atomic mass is 9.96. The van der Waals surface area contributed by atoms with Gasteiger partial charge in [-0.25, -0.2) is 4.79 Å². The van der Waals surface area contributed by atoms with Crippen molar-refractivity contribution in [2.24, 2.45) is 0 Å². The van der Waals surface area contributed by atoms with Crippen LogP contribution in [0.2, 0.25) is 0 Å². The van der Waals surface area contributed by atoms with Crippen molar-refractivity contribution in [3.63, 3.8) is 0 Å². The van der Waals surface area contributed by atoms with Gasteiger partial charge in [-0.15, -0.1) is 0 Å². The topological polar surface area (TPSA) is 76.0 Å². The molecule has 2 rings (SSSR count).